The first kappa shape index (κ1) is 15.2. The van der Waals surface area contributed by atoms with E-state index in [1.54, 1.807) is 0 Å². The van der Waals surface area contributed by atoms with Gasteiger partial charge in [-0.3, -0.25) is 9.59 Å². The molecule has 1 aliphatic rings. The number of carbonyl (C=O) groups is 2. The second kappa shape index (κ2) is 7.55. The van der Waals surface area contributed by atoms with Crippen molar-refractivity contribution in [3.8, 4) is 0 Å². The number of Topliss-reactive ketones (excluding diaryl/α,β-unsaturated/α-hetero) is 1. The van der Waals surface area contributed by atoms with Gasteiger partial charge in [-0.2, -0.15) is 0 Å². The van der Waals surface area contributed by atoms with Crippen LogP contribution in [0.2, 0.25) is 0 Å². The smallest absolute Gasteiger partial charge is 0.306 e. The molecular weight excluding hydrogens is 228 g/mol. The van der Waals surface area contributed by atoms with E-state index >= 15 is 0 Å². The van der Waals surface area contributed by atoms with Crippen LogP contribution in [-0.4, -0.2) is 16.9 Å². The molecule has 1 N–H and O–H groups in total. The molecule has 3 heteroatoms. The number of carbonyl (C=O) groups excluding carboxylic acids is 1. The molecule has 0 spiro atoms. The highest BCUT2D eigenvalue weighted by Gasteiger charge is 2.41. The SMILES string of the molecule is CCCCCC1C(=O)CCC1C(CCC)C(=O)O. The predicted molar refractivity (Wildman–Crippen MR) is 71.4 cm³/mol. The summed E-state index contributed by atoms with van der Waals surface area (Å²) in [5.41, 5.74) is 0. The van der Waals surface area contributed by atoms with Crippen LogP contribution in [0.3, 0.4) is 0 Å². The average molecular weight is 254 g/mol. The molecule has 0 heterocycles. The van der Waals surface area contributed by atoms with Gasteiger partial charge in [-0.25, -0.2) is 0 Å². The van der Waals surface area contributed by atoms with Crippen molar-refractivity contribution >= 4 is 11.8 Å². The fourth-order valence-electron chi connectivity index (χ4n) is 3.24. The van der Waals surface area contributed by atoms with E-state index in [1.165, 1.54) is 0 Å². The van der Waals surface area contributed by atoms with Gasteiger partial charge in [-0.05, 0) is 25.2 Å². The maximum atomic E-state index is 11.9. The van der Waals surface area contributed by atoms with Crippen LogP contribution < -0.4 is 0 Å². The quantitative estimate of drug-likeness (QED) is 0.672. The highest BCUT2D eigenvalue weighted by Crippen LogP contribution is 2.39. The van der Waals surface area contributed by atoms with Crippen LogP contribution in [0.4, 0.5) is 0 Å². The van der Waals surface area contributed by atoms with Gasteiger partial charge in [-0.15, -0.1) is 0 Å². The first-order chi connectivity index (χ1) is 8.61. The van der Waals surface area contributed by atoms with Crippen LogP contribution in [0.15, 0.2) is 0 Å². The van der Waals surface area contributed by atoms with Gasteiger partial charge in [0.2, 0.25) is 0 Å². The number of carboxylic acids is 1. The Hall–Kier alpha value is -0.860. The summed E-state index contributed by atoms with van der Waals surface area (Å²) in [6, 6.07) is 0. The number of rotatable bonds is 8. The summed E-state index contributed by atoms with van der Waals surface area (Å²) < 4.78 is 0. The van der Waals surface area contributed by atoms with E-state index in [-0.39, 0.29) is 17.8 Å². The van der Waals surface area contributed by atoms with Gasteiger partial charge in [0.15, 0.2) is 0 Å². The Morgan fingerprint density at radius 3 is 2.61 bits per heavy atom. The van der Waals surface area contributed by atoms with E-state index in [0.29, 0.717) is 18.6 Å². The second-order valence-electron chi connectivity index (χ2n) is 5.50. The summed E-state index contributed by atoms with van der Waals surface area (Å²) in [6.07, 6.45) is 7.19. The van der Waals surface area contributed by atoms with Crippen LogP contribution in [0.25, 0.3) is 0 Å². The third kappa shape index (κ3) is 3.82. The Morgan fingerprint density at radius 1 is 1.33 bits per heavy atom. The van der Waals surface area contributed by atoms with Gasteiger partial charge in [0.25, 0.3) is 0 Å². The minimum absolute atomic E-state index is 0.0178. The van der Waals surface area contributed by atoms with Crippen molar-refractivity contribution < 1.29 is 14.7 Å². The number of carboxylic acid groups (broad SMARTS) is 1. The molecule has 0 aromatic heterocycles. The molecule has 0 bridgehead atoms. The third-order valence-electron chi connectivity index (χ3n) is 4.21. The van der Waals surface area contributed by atoms with Crippen molar-refractivity contribution in [3.05, 3.63) is 0 Å². The fourth-order valence-corrected chi connectivity index (χ4v) is 3.24. The molecular formula is C15H26O3. The normalized spacial score (nSPS) is 25.3. The largest absolute Gasteiger partial charge is 0.481 e. The molecule has 1 saturated carbocycles. The molecule has 104 valence electrons. The van der Waals surface area contributed by atoms with E-state index < -0.39 is 5.97 Å². The molecule has 3 unspecified atom stereocenters. The van der Waals surface area contributed by atoms with E-state index in [0.717, 1.165) is 38.5 Å². The first-order valence-corrected chi connectivity index (χ1v) is 7.37. The summed E-state index contributed by atoms with van der Waals surface area (Å²) in [7, 11) is 0. The summed E-state index contributed by atoms with van der Waals surface area (Å²) in [6.45, 7) is 4.16. The summed E-state index contributed by atoms with van der Waals surface area (Å²) >= 11 is 0. The van der Waals surface area contributed by atoms with E-state index in [2.05, 4.69) is 6.92 Å². The van der Waals surface area contributed by atoms with Crippen LogP contribution in [0, 0.1) is 17.8 Å². The molecule has 0 amide bonds. The molecule has 1 aliphatic carbocycles. The lowest BCUT2D eigenvalue weighted by Crippen LogP contribution is -2.28. The number of ketones is 1. The van der Waals surface area contributed by atoms with Crippen molar-refractivity contribution in [1.29, 1.82) is 0 Å². The Morgan fingerprint density at radius 2 is 2.06 bits per heavy atom. The summed E-state index contributed by atoms with van der Waals surface area (Å²) in [5.74, 6) is -0.611. The standard InChI is InChI=1S/C15H26O3/c1-3-5-6-8-12-11(9-10-14(12)16)13(7-4-2)15(17)18/h11-13H,3-10H2,1-2H3,(H,17,18). The second-order valence-corrected chi connectivity index (χ2v) is 5.50. The van der Waals surface area contributed by atoms with Gasteiger partial charge in [0.1, 0.15) is 5.78 Å². The molecule has 0 aliphatic heterocycles. The van der Waals surface area contributed by atoms with Crippen LogP contribution in [0.1, 0.15) is 65.2 Å². The summed E-state index contributed by atoms with van der Waals surface area (Å²) in [4.78, 5) is 23.3. The van der Waals surface area contributed by atoms with Gasteiger partial charge in [-0.1, -0.05) is 39.5 Å². The minimum atomic E-state index is -0.711. The van der Waals surface area contributed by atoms with E-state index in [9.17, 15) is 14.7 Å². The van der Waals surface area contributed by atoms with Crippen LogP contribution in [0.5, 0.6) is 0 Å². The Kier molecular flexibility index (Phi) is 6.37. The molecule has 0 saturated heterocycles. The zero-order chi connectivity index (χ0) is 13.5. The first-order valence-electron chi connectivity index (χ1n) is 7.37. The van der Waals surface area contributed by atoms with Crippen molar-refractivity contribution in [1.82, 2.24) is 0 Å². The highest BCUT2D eigenvalue weighted by molar-refractivity contribution is 5.84. The van der Waals surface area contributed by atoms with Gasteiger partial charge in [0.05, 0.1) is 5.92 Å². The highest BCUT2D eigenvalue weighted by atomic mass is 16.4. The monoisotopic (exact) mass is 254 g/mol. The number of unbranched alkanes of at least 4 members (excludes halogenated alkanes) is 2. The molecule has 0 radical (unpaired) electrons. The molecule has 0 aromatic carbocycles. The maximum absolute atomic E-state index is 11.9. The minimum Gasteiger partial charge on any atom is -0.481 e. The molecule has 3 atom stereocenters. The lowest BCUT2D eigenvalue weighted by molar-refractivity contribution is -0.144. The number of hydrogen-bond donors (Lipinski definition) is 1. The Balaban J connectivity index is 2.65. The molecule has 18 heavy (non-hydrogen) atoms. The third-order valence-corrected chi connectivity index (χ3v) is 4.21. The Labute approximate surface area is 110 Å². The van der Waals surface area contributed by atoms with Crippen LogP contribution in [-0.2, 0) is 9.59 Å². The van der Waals surface area contributed by atoms with E-state index in [4.69, 9.17) is 0 Å². The summed E-state index contributed by atoms with van der Waals surface area (Å²) in [5, 5.41) is 9.33. The van der Waals surface area contributed by atoms with Crippen molar-refractivity contribution in [2.75, 3.05) is 0 Å². The lowest BCUT2D eigenvalue weighted by Gasteiger charge is -2.24. The number of hydrogen-bond acceptors (Lipinski definition) is 2. The molecule has 1 fully saturated rings. The zero-order valence-corrected chi connectivity index (χ0v) is 11.7. The maximum Gasteiger partial charge on any atom is 0.306 e. The zero-order valence-electron chi connectivity index (χ0n) is 11.7. The van der Waals surface area contributed by atoms with Crippen molar-refractivity contribution in [2.45, 2.75) is 65.2 Å². The number of aliphatic carboxylic acids is 1. The molecule has 0 aromatic rings. The van der Waals surface area contributed by atoms with E-state index in [1.807, 2.05) is 6.92 Å². The van der Waals surface area contributed by atoms with Crippen LogP contribution >= 0.6 is 0 Å². The van der Waals surface area contributed by atoms with Gasteiger partial charge >= 0.3 is 5.97 Å². The topological polar surface area (TPSA) is 54.4 Å². The molecule has 3 nitrogen and oxygen atoms in total. The molecule has 1 rings (SSSR count). The Bertz CT molecular complexity index is 285. The van der Waals surface area contributed by atoms with Crippen molar-refractivity contribution in [3.63, 3.8) is 0 Å². The predicted octanol–water partition coefficient (Wildman–Crippen LogP) is 3.66. The fraction of sp³-hybridized carbons (Fsp3) is 0.867. The van der Waals surface area contributed by atoms with Gasteiger partial charge in [0, 0.05) is 12.3 Å². The lowest BCUT2D eigenvalue weighted by atomic mass is 9.79. The average Bonchev–Trinajstić information content (AvgIpc) is 2.68. The van der Waals surface area contributed by atoms with Crippen molar-refractivity contribution in [2.24, 2.45) is 17.8 Å². The van der Waals surface area contributed by atoms with Gasteiger partial charge < -0.3 is 5.11 Å².